The van der Waals surface area contributed by atoms with Gasteiger partial charge < -0.3 is 20.1 Å². The summed E-state index contributed by atoms with van der Waals surface area (Å²) < 4.78 is 11.2. The van der Waals surface area contributed by atoms with Gasteiger partial charge in [0.05, 0.1) is 17.4 Å². The summed E-state index contributed by atoms with van der Waals surface area (Å²) in [5.74, 6) is 0.0739. The molecule has 6 heteroatoms. The summed E-state index contributed by atoms with van der Waals surface area (Å²) in [7, 11) is 0. The average molecular weight is 382 g/mol. The van der Waals surface area contributed by atoms with Crippen LogP contribution in [-0.4, -0.2) is 37.2 Å². The Morgan fingerprint density at radius 3 is 2.79 bits per heavy atom. The molecule has 0 aliphatic carbocycles. The molecule has 2 aromatic rings. The van der Waals surface area contributed by atoms with Gasteiger partial charge in [-0.3, -0.25) is 9.59 Å². The number of amides is 2. The van der Waals surface area contributed by atoms with Crippen LogP contribution in [0.1, 0.15) is 35.7 Å². The summed E-state index contributed by atoms with van der Waals surface area (Å²) in [6.45, 7) is 4.85. The van der Waals surface area contributed by atoms with Gasteiger partial charge in [-0.15, -0.1) is 0 Å². The Kier molecular flexibility index (Phi) is 6.66. The lowest BCUT2D eigenvalue weighted by molar-refractivity contribution is -0.122. The quantitative estimate of drug-likeness (QED) is 0.770. The van der Waals surface area contributed by atoms with Gasteiger partial charge in [0.25, 0.3) is 11.8 Å². The molecule has 1 aliphatic rings. The second-order valence-corrected chi connectivity index (χ2v) is 6.96. The van der Waals surface area contributed by atoms with Gasteiger partial charge in [-0.1, -0.05) is 24.3 Å². The molecule has 0 unspecified atom stereocenters. The van der Waals surface area contributed by atoms with E-state index in [9.17, 15) is 9.59 Å². The Morgan fingerprint density at radius 2 is 2.04 bits per heavy atom. The summed E-state index contributed by atoms with van der Waals surface area (Å²) in [6, 6.07) is 14.5. The van der Waals surface area contributed by atoms with Crippen molar-refractivity contribution < 1.29 is 19.1 Å². The zero-order chi connectivity index (χ0) is 19.9. The minimum atomic E-state index is -0.704. The van der Waals surface area contributed by atoms with Crippen molar-refractivity contribution in [1.29, 1.82) is 0 Å². The molecule has 1 fully saturated rings. The SMILES string of the molecule is Cc1cccc(O[C@H](C)C(=O)Nc2ccccc2C(=O)NC[C@@H]2CCCO2)c1. The molecule has 1 aliphatic heterocycles. The lowest BCUT2D eigenvalue weighted by Gasteiger charge is -2.17. The van der Waals surface area contributed by atoms with Crippen LogP contribution in [0.25, 0.3) is 0 Å². The van der Waals surface area contributed by atoms with Gasteiger partial charge in [0.2, 0.25) is 0 Å². The zero-order valence-corrected chi connectivity index (χ0v) is 16.2. The number of rotatable bonds is 7. The van der Waals surface area contributed by atoms with E-state index in [1.165, 1.54) is 0 Å². The molecule has 2 N–H and O–H groups in total. The maximum atomic E-state index is 12.6. The molecule has 28 heavy (non-hydrogen) atoms. The van der Waals surface area contributed by atoms with Crippen LogP contribution >= 0.6 is 0 Å². The monoisotopic (exact) mass is 382 g/mol. The van der Waals surface area contributed by atoms with E-state index in [1.807, 2.05) is 31.2 Å². The Hall–Kier alpha value is -2.86. The lowest BCUT2D eigenvalue weighted by atomic mass is 10.1. The second kappa shape index (κ2) is 9.37. The Morgan fingerprint density at radius 1 is 1.21 bits per heavy atom. The number of hydrogen-bond acceptors (Lipinski definition) is 4. The molecular formula is C22H26N2O4. The number of ether oxygens (including phenoxy) is 2. The minimum absolute atomic E-state index is 0.0634. The van der Waals surface area contributed by atoms with E-state index in [-0.39, 0.29) is 17.9 Å². The summed E-state index contributed by atoms with van der Waals surface area (Å²) in [6.07, 6.45) is 1.33. The maximum absolute atomic E-state index is 12.6. The van der Waals surface area contributed by atoms with Crippen LogP contribution in [0.15, 0.2) is 48.5 Å². The number of hydrogen-bond donors (Lipinski definition) is 2. The van der Waals surface area contributed by atoms with Crippen molar-refractivity contribution in [3.05, 3.63) is 59.7 Å². The molecule has 3 rings (SSSR count). The van der Waals surface area contributed by atoms with Crippen molar-refractivity contribution in [1.82, 2.24) is 5.32 Å². The van der Waals surface area contributed by atoms with Crippen LogP contribution in [0.2, 0.25) is 0 Å². The molecule has 2 atom stereocenters. The molecule has 0 bridgehead atoms. The standard InChI is InChI=1S/C22H26N2O4/c1-15-7-5-8-17(13-15)28-16(2)21(25)24-20-11-4-3-10-19(20)22(26)23-14-18-9-6-12-27-18/h3-5,7-8,10-11,13,16,18H,6,9,12,14H2,1-2H3,(H,23,26)(H,24,25)/t16-,18+/m1/s1. The molecule has 2 amide bonds. The largest absolute Gasteiger partial charge is 0.481 e. The fourth-order valence-electron chi connectivity index (χ4n) is 3.08. The van der Waals surface area contributed by atoms with E-state index in [2.05, 4.69) is 10.6 Å². The maximum Gasteiger partial charge on any atom is 0.265 e. The van der Waals surface area contributed by atoms with Crippen LogP contribution < -0.4 is 15.4 Å². The van der Waals surface area contributed by atoms with Crippen LogP contribution in [0.4, 0.5) is 5.69 Å². The van der Waals surface area contributed by atoms with Crippen molar-refractivity contribution >= 4 is 17.5 Å². The molecule has 0 aromatic heterocycles. The van der Waals surface area contributed by atoms with Gasteiger partial charge in [0.1, 0.15) is 5.75 Å². The first-order valence-corrected chi connectivity index (χ1v) is 9.56. The smallest absolute Gasteiger partial charge is 0.265 e. The molecule has 0 radical (unpaired) electrons. The molecule has 0 saturated carbocycles. The zero-order valence-electron chi connectivity index (χ0n) is 16.2. The highest BCUT2D eigenvalue weighted by atomic mass is 16.5. The molecular weight excluding hydrogens is 356 g/mol. The van der Waals surface area contributed by atoms with Crippen LogP contribution in [-0.2, 0) is 9.53 Å². The first-order chi connectivity index (χ1) is 13.5. The van der Waals surface area contributed by atoms with Crippen LogP contribution in [0.3, 0.4) is 0 Å². The second-order valence-electron chi connectivity index (χ2n) is 6.96. The Labute approximate surface area is 165 Å². The fourth-order valence-corrected chi connectivity index (χ4v) is 3.08. The highest BCUT2D eigenvalue weighted by molar-refractivity contribution is 6.04. The van der Waals surface area contributed by atoms with Gasteiger partial charge in [-0.2, -0.15) is 0 Å². The number of carbonyl (C=O) groups is 2. The number of benzene rings is 2. The number of carbonyl (C=O) groups excluding carboxylic acids is 2. The van der Waals surface area contributed by atoms with Crippen molar-refractivity contribution in [2.45, 2.75) is 38.9 Å². The summed E-state index contributed by atoms with van der Waals surface area (Å²) in [4.78, 5) is 25.1. The van der Waals surface area contributed by atoms with Crippen molar-refractivity contribution in [2.24, 2.45) is 0 Å². The summed E-state index contributed by atoms with van der Waals surface area (Å²) >= 11 is 0. The topological polar surface area (TPSA) is 76.7 Å². The highest BCUT2D eigenvalue weighted by Gasteiger charge is 2.20. The van der Waals surface area contributed by atoms with Crippen molar-refractivity contribution in [2.75, 3.05) is 18.5 Å². The van der Waals surface area contributed by atoms with E-state index >= 15 is 0 Å². The predicted octanol–water partition coefficient (Wildman–Crippen LogP) is 3.31. The third kappa shape index (κ3) is 5.33. The Bertz CT molecular complexity index is 831. The molecule has 2 aromatic carbocycles. The first-order valence-electron chi connectivity index (χ1n) is 9.56. The van der Waals surface area contributed by atoms with Gasteiger partial charge in [0, 0.05) is 13.2 Å². The van der Waals surface area contributed by atoms with E-state index in [0.717, 1.165) is 25.0 Å². The van der Waals surface area contributed by atoms with Gasteiger partial charge in [0.15, 0.2) is 6.10 Å². The van der Waals surface area contributed by atoms with Gasteiger partial charge in [-0.25, -0.2) is 0 Å². The van der Waals surface area contributed by atoms with Crippen molar-refractivity contribution in [3.8, 4) is 5.75 Å². The van der Waals surface area contributed by atoms with Crippen LogP contribution in [0.5, 0.6) is 5.75 Å². The number of anilines is 1. The number of aryl methyl sites for hydroxylation is 1. The van der Waals surface area contributed by atoms with Gasteiger partial charge >= 0.3 is 0 Å². The minimum Gasteiger partial charge on any atom is -0.481 e. The summed E-state index contributed by atoms with van der Waals surface area (Å²) in [5.41, 5.74) is 1.92. The van der Waals surface area contributed by atoms with E-state index in [0.29, 0.717) is 23.5 Å². The third-order valence-electron chi connectivity index (χ3n) is 4.62. The summed E-state index contributed by atoms with van der Waals surface area (Å²) in [5, 5.41) is 5.68. The lowest BCUT2D eigenvalue weighted by Crippen LogP contribution is -2.34. The molecule has 0 spiro atoms. The van der Waals surface area contributed by atoms with E-state index in [1.54, 1.807) is 31.2 Å². The van der Waals surface area contributed by atoms with E-state index in [4.69, 9.17) is 9.47 Å². The molecule has 1 saturated heterocycles. The molecule has 148 valence electrons. The Balaban J connectivity index is 1.61. The average Bonchev–Trinajstić information content (AvgIpc) is 3.20. The van der Waals surface area contributed by atoms with Crippen LogP contribution in [0, 0.1) is 6.92 Å². The van der Waals surface area contributed by atoms with E-state index < -0.39 is 6.10 Å². The third-order valence-corrected chi connectivity index (χ3v) is 4.62. The molecule has 6 nitrogen and oxygen atoms in total. The highest BCUT2D eigenvalue weighted by Crippen LogP contribution is 2.18. The normalized spacial score (nSPS) is 17.0. The first kappa shape index (κ1) is 19.9. The number of para-hydroxylation sites is 1. The van der Waals surface area contributed by atoms with Gasteiger partial charge in [-0.05, 0) is 56.5 Å². The molecule has 1 heterocycles. The fraction of sp³-hybridized carbons (Fsp3) is 0.364. The predicted molar refractivity (Wildman–Crippen MR) is 108 cm³/mol. The van der Waals surface area contributed by atoms with Crippen molar-refractivity contribution in [3.63, 3.8) is 0 Å². The number of nitrogens with one attached hydrogen (secondary N) is 2.